The van der Waals surface area contributed by atoms with Crippen molar-refractivity contribution in [3.63, 3.8) is 0 Å². The molecular weight excluding hydrogens is 304 g/mol. The third-order valence-corrected chi connectivity index (χ3v) is 3.88. The lowest BCUT2D eigenvalue weighted by molar-refractivity contribution is -0.130. The number of likely N-dealkylation sites (tertiary alicyclic amines) is 1. The Balaban J connectivity index is 1.78. The summed E-state index contributed by atoms with van der Waals surface area (Å²) < 4.78 is 5.31. The molecular formula is C16H21ClN2O3. The molecule has 22 heavy (non-hydrogen) atoms. The number of hydrogen-bond acceptors (Lipinski definition) is 3. The Morgan fingerprint density at radius 3 is 2.86 bits per heavy atom. The van der Waals surface area contributed by atoms with Gasteiger partial charge in [-0.15, -0.1) is 0 Å². The van der Waals surface area contributed by atoms with Gasteiger partial charge in [0.2, 0.25) is 5.91 Å². The van der Waals surface area contributed by atoms with E-state index >= 15 is 0 Å². The summed E-state index contributed by atoms with van der Waals surface area (Å²) in [6, 6.07) is 7.54. The minimum Gasteiger partial charge on any atom is -0.444 e. The average molecular weight is 325 g/mol. The van der Waals surface area contributed by atoms with Crippen LogP contribution in [0, 0.1) is 0 Å². The molecule has 1 atom stereocenters. The summed E-state index contributed by atoms with van der Waals surface area (Å²) in [4.78, 5) is 26.9. The molecule has 2 rings (SSSR count). The van der Waals surface area contributed by atoms with Crippen LogP contribution in [-0.2, 0) is 16.0 Å². The SMILES string of the molecule is CN(C)C(=O)OC1CCN(C(=O)CCc2cccc(Cl)c2)C1. The molecule has 1 aliphatic rings. The normalized spacial score (nSPS) is 17.4. The van der Waals surface area contributed by atoms with Crippen LogP contribution in [0.25, 0.3) is 0 Å². The Bertz CT molecular complexity index is 548. The second-order valence-corrected chi connectivity index (χ2v) is 6.09. The van der Waals surface area contributed by atoms with E-state index in [2.05, 4.69) is 0 Å². The van der Waals surface area contributed by atoms with Crippen LogP contribution in [-0.4, -0.2) is 55.1 Å². The lowest BCUT2D eigenvalue weighted by Gasteiger charge is -2.18. The summed E-state index contributed by atoms with van der Waals surface area (Å²) in [5.74, 6) is 0.0865. The average Bonchev–Trinajstić information content (AvgIpc) is 2.93. The highest BCUT2D eigenvalue weighted by atomic mass is 35.5. The topological polar surface area (TPSA) is 49.9 Å². The molecule has 0 aliphatic carbocycles. The summed E-state index contributed by atoms with van der Waals surface area (Å²) in [7, 11) is 3.29. The van der Waals surface area contributed by atoms with Crippen LogP contribution < -0.4 is 0 Å². The molecule has 5 nitrogen and oxygen atoms in total. The van der Waals surface area contributed by atoms with Crippen LogP contribution >= 0.6 is 11.6 Å². The molecule has 0 bridgehead atoms. The summed E-state index contributed by atoms with van der Waals surface area (Å²) in [5.41, 5.74) is 1.05. The number of nitrogens with zero attached hydrogens (tertiary/aromatic N) is 2. The Kier molecular flexibility index (Phi) is 5.66. The summed E-state index contributed by atoms with van der Waals surface area (Å²) in [6.07, 6.45) is 1.23. The molecule has 1 heterocycles. The molecule has 0 radical (unpaired) electrons. The first-order valence-corrected chi connectivity index (χ1v) is 7.73. The first-order valence-electron chi connectivity index (χ1n) is 7.36. The number of rotatable bonds is 4. The van der Waals surface area contributed by atoms with Crippen LogP contribution in [0.4, 0.5) is 4.79 Å². The van der Waals surface area contributed by atoms with Gasteiger partial charge in [-0.1, -0.05) is 23.7 Å². The van der Waals surface area contributed by atoms with Gasteiger partial charge in [0.25, 0.3) is 0 Å². The van der Waals surface area contributed by atoms with Gasteiger partial charge in [-0.2, -0.15) is 0 Å². The molecule has 1 fully saturated rings. The number of benzene rings is 1. The fourth-order valence-electron chi connectivity index (χ4n) is 2.40. The molecule has 1 saturated heterocycles. The second kappa shape index (κ2) is 7.49. The Labute approximate surface area is 135 Å². The maximum absolute atomic E-state index is 12.2. The molecule has 1 aromatic carbocycles. The van der Waals surface area contributed by atoms with Crippen LogP contribution in [0.1, 0.15) is 18.4 Å². The number of hydrogen-bond donors (Lipinski definition) is 0. The van der Waals surface area contributed by atoms with Crippen molar-refractivity contribution in [2.75, 3.05) is 27.2 Å². The monoisotopic (exact) mass is 324 g/mol. The molecule has 120 valence electrons. The molecule has 1 aliphatic heterocycles. The largest absolute Gasteiger partial charge is 0.444 e. The molecule has 2 amide bonds. The zero-order chi connectivity index (χ0) is 16.1. The van der Waals surface area contributed by atoms with Crippen molar-refractivity contribution in [2.24, 2.45) is 0 Å². The predicted molar refractivity (Wildman–Crippen MR) is 84.9 cm³/mol. The van der Waals surface area contributed by atoms with E-state index in [1.54, 1.807) is 19.0 Å². The molecule has 0 saturated carbocycles. The second-order valence-electron chi connectivity index (χ2n) is 5.66. The highest BCUT2D eigenvalue weighted by Crippen LogP contribution is 2.17. The van der Waals surface area contributed by atoms with Crippen LogP contribution in [0.3, 0.4) is 0 Å². The van der Waals surface area contributed by atoms with Gasteiger partial charge in [0.05, 0.1) is 6.54 Å². The van der Waals surface area contributed by atoms with Gasteiger partial charge in [0.1, 0.15) is 6.10 Å². The predicted octanol–water partition coefficient (Wildman–Crippen LogP) is 2.57. The number of carbonyl (C=O) groups excluding carboxylic acids is 2. The summed E-state index contributed by atoms with van der Waals surface area (Å²) in [6.45, 7) is 1.12. The highest BCUT2D eigenvalue weighted by molar-refractivity contribution is 6.30. The molecule has 1 aromatic rings. The van der Waals surface area contributed by atoms with Crippen molar-refractivity contribution in [1.29, 1.82) is 0 Å². The number of aryl methyl sites for hydroxylation is 1. The molecule has 6 heteroatoms. The quantitative estimate of drug-likeness (QED) is 0.855. The molecule has 0 spiro atoms. The van der Waals surface area contributed by atoms with Gasteiger partial charge >= 0.3 is 6.09 Å². The van der Waals surface area contributed by atoms with Crippen LogP contribution in [0.2, 0.25) is 5.02 Å². The van der Waals surface area contributed by atoms with E-state index in [9.17, 15) is 9.59 Å². The number of ether oxygens (including phenoxy) is 1. The van der Waals surface area contributed by atoms with Crippen LogP contribution in [0.5, 0.6) is 0 Å². The third kappa shape index (κ3) is 4.63. The zero-order valence-corrected chi connectivity index (χ0v) is 13.7. The van der Waals surface area contributed by atoms with Crippen molar-refractivity contribution < 1.29 is 14.3 Å². The van der Waals surface area contributed by atoms with E-state index < -0.39 is 0 Å². The van der Waals surface area contributed by atoms with Gasteiger partial charge in [-0.25, -0.2) is 4.79 Å². The van der Waals surface area contributed by atoms with Crippen molar-refractivity contribution in [1.82, 2.24) is 9.80 Å². The van der Waals surface area contributed by atoms with E-state index in [0.29, 0.717) is 37.4 Å². The Hall–Kier alpha value is -1.75. The number of amides is 2. The smallest absolute Gasteiger partial charge is 0.409 e. The third-order valence-electron chi connectivity index (χ3n) is 3.65. The van der Waals surface area contributed by atoms with Gasteiger partial charge in [-0.05, 0) is 24.1 Å². The van der Waals surface area contributed by atoms with Crippen molar-refractivity contribution in [2.45, 2.75) is 25.4 Å². The maximum atomic E-state index is 12.2. The lowest BCUT2D eigenvalue weighted by atomic mass is 10.1. The lowest BCUT2D eigenvalue weighted by Crippen LogP contribution is -2.33. The number of halogens is 1. The van der Waals surface area contributed by atoms with E-state index in [-0.39, 0.29) is 18.1 Å². The van der Waals surface area contributed by atoms with Gasteiger partial charge in [0.15, 0.2) is 0 Å². The molecule has 1 unspecified atom stereocenters. The first-order chi connectivity index (χ1) is 10.5. The molecule has 0 aromatic heterocycles. The van der Waals surface area contributed by atoms with E-state index in [4.69, 9.17) is 16.3 Å². The minimum atomic E-state index is -0.363. The van der Waals surface area contributed by atoms with E-state index in [0.717, 1.165) is 5.56 Å². The highest BCUT2D eigenvalue weighted by Gasteiger charge is 2.28. The Morgan fingerprint density at radius 2 is 2.18 bits per heavy atom. The van der Waals surface area contributed by atoms with Gasteiger partial charge in [0, 0.05) is 38.5 Å². The standard InChI is InChI=1S/C16H21ClN2O3/c1-18(2)16(21)22-14-8-9-19(11-14)15(20)7-6-12-4-3-5-13(17)10-12/h3-5,10,14H,6-9,11H2,1-2H3. The van der Waals surface area contributed by atoms with Crippen molar-refractivity contribution >= 4 is 23.6 Å². The van der Waals surface area contributed by atoms with Crippen LogP contribution in [0.15, 0.2) is 24.3 Å². The zero-order valence-electron chi connectivity index (χ0n) is 12.9. The Morgan fingerprint density at radius 1 is 1.41 bits per heavy atom. The maximum Gasteiger partial charge on any atom is 0.409 e. The summed E-state index contributed by atoms with van der Waals surface area (Å²) in [5, 5.41) is 0.682. The fourth-order valence-corrected chi connectivity index (χ4v) is 2.61. The number of carbonyl (C=O) groups is 2. The molecule has 0 N–H and O–H groups in total. The van der Waals surface area contributed by atoms with Crippen molar-refractivity contribution in [3.8, 4) is 0 Å². The minimum absolute atomic E-state index is 0.0865. The van der Waals surface area contributed by atoms with E-state index in [1.807, 2.05) is 24.3 Å². The first kappa shape index (κ1) is 16.6. The fraction of sp³-hybridized carbons (Fsp3) is 0.500. The van der Waals surface area contributed by atoms with Gasteiger partial charge < -0.3 is 14.5 Å². The van der Waals surface area contributed by atoms with E-state index in [1.165, 1.54) is 4.90 Å². The van der Waals surface area contributed by atoms with Gasteiger partial charge in [-0.3, -0.25) is 4.79 Å². The van der Waals surface area contributed by atoms with Crippen molar-refractivity contribution in [3.05, 3.63) is 34.9 Å². The summed E-state index contributed by atoms with van der Waals surface area (Å²) >= 11 is 5.93.